The van der Waals surface area contributed by atoms with Crippen LogP contribution in [0, 0.1) is 5.82 Å². The molecule has 1 aliphatic carbocycles. The number of hydrogen-bond donors (Lipinski definition) is 2. The largest absolute Gasteiger partial charge is 0.461 e. The highest BCUT2D eigenvalue weighted by atomic mass is 35.5. The molecule has 40 heavy (non-hydrogen) atoms. The van der Waals surface area contributed by atoms with Crippen LogP contribution in [0.5, 0.6) is 5.75 Å². The lowest BCUT2D eigenvalue weighted by Gasteiger charge is -2.35. The summed E-state index contributed by atoms with van der Waals surface area (Å²) in [5.74, 6) is -1.98. The summed E-state index contributed by atoms with van der Waals surface area (Å²) in [6.07, 6.45) is -6.15. The van der Waals surface area contributed by atoms with Crippen LogP contribution in [0.1, 0.15) is 36.1 Å². The van der Waals surface area contributed by atoms with Gasteiger partial charge in [0.05, 0.1) is 22.2 Å². The Labute approximate surface area is 231 Å². The molecule has 4 rings (SSSR count). The SMILES string of the molecule is O=C(NC[C@@](Cc1ccccc1)(c1cc(F)cc(OC(F)(F)C(F)F)c1)c1ccc(Cl)cn1)NC1CCCC1=O. The molecule has 2 amide bonds. The van der Waals surface area contributed by atoms with Crippen molar-refractivity contribution in [2.24, 2.45) is 0 Å². The molecule has 1 aliphatic rings. The van der Waals surface area contributed by atoms with Crippen LogP contribution in [0.25, 0.3) is 0 Å². The Bertz CT molecular complexity index is 1340. The number of ketones is 1. The van der Waals surface area contributed by atoms with Gasteiger partial charge in [0.25, 0.3) is 0 Å². The molecule has 12 heteroatoms. The molecule has 2 atom stereocenters. The van der Waals surface area contributed by atoms with Gasteiger partial charge < -0.3 is 15.4 Å². The highest BCUT2D eigenvalue weighted by Crippen LogP contribution is 2.38. The number of amides is 2. The van der Waals surface area contributed by atoms with E-state index in [1.54, 1.807) is 30.3 Å². The number of nitrogens with zero attached hydrogens (tertiary/aromatic N) is 1. The summed E-state index contributed by atoms with van der Waals surface area (Å²) in [6, 6.07) is 13.2. The average Bonchev–Trinajstić information content (AvgIpc) is 3.31. The minimum Gasteiger partial charge on any atom is -0.428 e. The summed E-state index contributed by atoms with van der Waals surface area (Å²) in [6.45, 7) is -0.253. The van der Waals surface area contributed by atoms with Crippen molar-refractivity contribution < 1.29 is 36.3 Å². The fourth-order valence-electron chi connectivity index (χ4n) is 4.71. The van der Waals surface area contributed by atoms with Gasteiger partial charge in [0, 0.05) is 25.2 Å². The van der Waals surface area contributed by atoms with Crippen molar-refractivity contribution in [3.63, 3.8) is 0 Å². The lowest BCUT2D eigenvalue weighted by atomic mass is 9.72. The number of alkyl halides is 4. The van der Waals surface area contributed by atoms with Gasteiger partial charge in [0.15, 0.2) is 5.78 Å². The maximum absolute atomic E-state index is 14.9. The third kappa shape index (κ3) is 6.88. The topological polar surface area (TPSA) is 80.3 Å². The summed E-state index contributed by atoms with van der Waals surface area (Å²) in [4.78, 5) is 29.3. The first-order valence-electron chi connectivity index (χ1n) is 12.4. The highest BCUT2D eigenvalue weighted by Gasteiger charge is 2.45. The number of pyridine rings is 1. The minimum atomic E-state index is -4.88. The molecule has 2 N–H and O–H groups in total. The van der Waals surface area contributed by atoms with E-state index in [2.05, 4.69) is 20.4 Å². The molecule has 0 radical (unpaired) electrons. The molecular weight excluding hydrogens is 557 g/mol. The van der Waals surface area contributed by atoms with Gasteiger partial charge in [0.1, 0.15) is 11.6 Å². The third-order valence-electron chi connectivity index (χ3n) is 6.66. The summed E-state index contributed by atoms with van der Waals surface area (Å²) in [5.41, 5.74) is -0.431. The maximum atomic E-state index is 14.9. The molecule has 0 aliphatic heterocycles. The minimum absolute atomic E-state index is 0.0171. The number of hydrogen-bond acceptors (Lipinski definition) is 4. The zero-order chi connectivity index (χ0) is 28.9. The Morgan fingerprint density at radius 3 is 2.50 bits per heavy atom. The van der Waals surface area contributed by atoms with E-state index in [1.165, 1.54) is 18.3 Å². The van der Waals surface area contributed by atoms with Crippen LogP contribution in [0.3, 0.4) is 0 Å². The number of rotatable bonds is 10. The Kier molecular flexibility index (Phi) is 8.92. The van der Waals surface area contributed by atoms with Gasteiger partial charge >= 0.3 is 18.6 Å². The number of aromatic nitrogens is 1. The van der Waals surface area contributed by atoms with E-state index in [0.29, 0.717) is 30.9 Å². The first kappa shape index (κ1) is 29.3. The fraction of sp³-hybridized carbons (Fsp3) is 0.321. The van der Waals surface area contributed by atoms with Crippen molar-refractivity contribution in [3.05, 3.63) is 94.5 Å². The van der Waals surface area contributed by atoms with Gasteiger partial charge in [-0.3, -0.25) is 9.78 Å². The molecule has 0 bridgehead atoms. The van der Waals surface area contributed by atoms with Gasteiger partial charge in [-0.2, -0.15) is 17.6 Å². The van der Waals surface area contributed by atoms with Crippen LogP contribution in [-0.4, -0.2) is 41.9 Å². The summed E-state index contributed by atoms with van der Waals surface area (Å²) in [5, 5.41) is 5.60. The predicted molar refractivity (Wildman–Crippen MR) is 137 cm³/mol. The predicted octanol–water partition coefficient (Wildman–Crippen LogP) is 6.06. The second-order valence-electron chi connectivity index (χ2n) is 9.48. The number of carbonyl (C=O) groups is 2. The van der Waals surface area contributed by atoms with Crippen LogP contribution in [0.2, 0.25) is 5.02 Å². The molecule has 1 fully saturated rings. The van der Waals surface area contributed by atoms with E-state index in [0.717, 1.165) is 12.1 Å². The maximum Gasteiger partial charge on any atom is 0.461 e. The normalized spacial score (nSPS) is 17.0. The Morgan fingerprint density at radius 1 is 1.12 bits per heavy atom. The number of ether oxygens (including phenoxy) is 1. The number of Topliss-reactive ketones (excluding diaryl/α,β-unsaturated/α-hetero) is 1. The van der Waals surface area contributed by atoms with Crippen molar-refractivity contribution in [2.75, 3.05) is 6.54 Å². The molecule has 212 valence electrons. The molecule has 1 heterocycles. The first-order valence-corrected chi connectivity index (χ1v) is 12.8. The van der Waals surface area contributed by atoms with E-state index >= 15 is 0 Å². The molecule has 0 saturated heterocycles. The fourth-order valence-corrected chi connectivity index (χ4v) is 4.82. The third-order valence-corrected chi connectivity index (χ3v) is 6.88. The lowest BCUT2D eigenvalue weighted by Crippen LogP contribution is -2.50. The van der Waals surface area contributed by atoms with E-state index in [-0.39, 0.29) is 35.0 Å². The first-order chi connectivity index (χ1) is 19.0. The van der Waals surface area contributed by atoms with Gasteiger partial charge in [-0.25, -0.2) is 9.18 Å². The molecule has 1 aromatic heterocycles. The second-order valence-corrected chi connectivity index (χ2v) is 9.92. The molecule has 6 nitrogen and oxygen atoms in total. The van der Waals surface area contributed by atoms with E-state index < -0.39 is 41.6 Å². The summed E-state index contributed by atoms with van der Waals surface area (Å²) < 4.78 is 72.3. The van der Waals surface area contributed by atoms with Crippen molar-refractivity contribution in [1.29, 1.82) is 0 Å². The second kappa shape index (κ2) is 12.2. The number of carbonyl (C=O) groups excluding carboxylic acids is 2. The summed E-state index contributed by atoms with van der Waals surface area (Å²) in [7, 11) is 0. The molecule has 1 saturated carbocycles. The zero-order valence-electron chi connectivity index (χ0n) is 21.0. The van der Waals surface area contributed by atoms with Gasteiger partial charge in [-0.05, 0) is 54.7 Å². The zero-order valence-corrected chi connectivity index (χ0v) is 21.7. The number of halogens is 6. The standard InChI is InChI=1S/C28H25ClF5N3O3/c29-19-9-10-24(35-15-19)27(14-17-5-2-1-3-6-17,16-36-26(39)37-22-7-4-8-23(22)38)18-11-20(30)13-21(12-18)40-28(33,34)25(31)32/h1-3,5-6,9-13,15,22,25H,4,7-8,14,16H2,(H2,36,37,39)/t22?,27-/m0/s1. The Balaban J connectivity index is 1.80. The quantitative estimate of drug-likeness (QED) is 0.285. The van der Waals surface area contributed by atoms with Crippen molar-refractivity contribution in [1.82, 2.24) is 15.6 Å². The highest BCUT2D eigenvalue weighted by molar-refractivity contribution is 6.30. The number of nitrogens with one attached hydrogen (secondary N) is 2. The van der Waals surface area contributed by atoms with Crippen LogP contribution in [0.4, 0.5) is 26.7 Å². The van der Waals surface area contributed by atoms with E-state index in [9.17, 15) is 31.5 Å². The molecule has 2 aromatic carbocycles. The van der Waals surface area contributed by atoms with Gasteiger partial charge in [0.2, 0.25) is 0 Å². The lowest BCUT2D eigenvalue weighted by molar-refractivity contribution is -0.253. The Morgan fingerprint density at radius 2 is 1.88 bits per heavy atom. The van der Waals surface area contributed by atoms with E-state index in [1.807, 2.05) is 0 Å². The van der Waals surface area contributed by atoms with Crippen LogP contribution in [0.15, 0.2) is 66.9 Å². The van der Waals surface area contributed by atoms with Crippen LogP contribution >= 0.6 is 11.6 Å². The van der Waals surface area contributed by atoms with Crippen LogP contribution < -0.4 is 15.4 Å². The van der Waals surface area contributed by atoms with Crippen molar-refractivity contribution in [2.45, 2.75) is 49.7 Å². The molecular formula is C28H25ClF5N3O3. The number of benzene rings is 2. The van der Waals surface area contributed by atoms with Gasteiger partial charge in [-0.1, -0.05) is 41.9 Å². The van der Waals surface area contributed by atoms with E-state index in [4.69, 9.17) is 11.6 Å². The summed E-state index contributed by atoms with van der Waals surface area (Å²) >= 11 is 6.05. The smallest absolute Gasteiger partial charge is 0.428 e. The van der Waals surface area contributed by atoms with Crippen molar-refractivity contribution in [3.8, 4) is 5.75 Å². The Hall–Kier alpha value is -3.73. The van der Waals surface area contributed by atoms with Crippen molar-refractivity contribution >= 4 is 23.4 Å². The number of urea groups is 1. The molecule has 0 spiro atoms. The monoisotopic (exact) mass is 581 g/mol. The average molecular weight is 582 g/mol. The molecule has 3 aromatic rings. The molecule has 1 unspecified atom stereocenters. The van der Waals surface area contributed by atoms with Crippen LogP contribution in [-0.2, 0) is 16.6 Å². The van der Waals surface area contributed by atoms with Gasteiger partial charge in [-0.15, -0.1) is 0 Å².